The van der Waals surface area contributed by atoms with Gasteiger partial charge in [0.05, 0.1) is 16.1 Å². The van der Waals surface area contributed by atoms with Crippen LogP contribution in [0.2, 0.25) is 10.0 Å². The fourth-order valence-corrected chi connectivity index (χ4v) is 3.42. The minimum Gasteiger partial charge on any atom is -0.348 e. The van der Waals surface area contributed by atoms with Gasteiger partial charge in [-0.1, -0.05) is 23.2 Å². The molecule has 0 bridgehead atoms. The molecule has 0 N–H and O–H groups in total. The maximum Gasteiger partial charge on any atom is 0.0732 e. The molecule has 2 heterocycles. The molecule has 21 heavy (non-hydrogen) atoms. The fraction of sp³-hybridized carbons (Fsp3) is 0.118. The lowest BCUT2D eigenvalue weighted by Crippen LogP contribution is -1.90. The molecule has 0 atom stereocenters. The van der Waals surface area contributed by atoms with Crippen LogP contribution in [-0.2, 0) is 7.05 Å². The molecule has 2 aromatic carbocycles. The van der Waals surface area contributed by atoms with Gasteiger partial charge in [-0.3, -0.25) is 0 Å². The third kappa shape index (κ3) is 1.76. The van der Waals surface area contributed by atoms with E-state index in [0.29, 0.717) is 10.0 Å². The molecule has 104 valence electrons. The normalized spacial score (nSPS) is 11.8. The van der Waals surface area contributed by atoms with Crippen molar-refractivity contribution in [2.75, 3.05) is 0 Å². The highest BCUT2D eigenvalue weighted by molar-refractivity contribution is 6.43. The Hall–Kier alpha value is -1.77. The zero-order chi connectivity index (χ0) is 14.7. The maximum atomic E-state index is 6.68. The van der Waals surface area contributed by atoms with Gasteiger partial charge in [-0.2, -0.15) is 0 Å². The molecular weight excluding hydrogens is 303 g/mol. The SMILES string of the molecule is Cc1cc2c3c(Cl)c4cc(Cl)ccc4nc3ccc2n1C. The van der Waals surface area contributed by atoms with Gasteiger partial charge in [0.25, 0.3) is 0 Å². The van der Waals surface area contributed by atoms with Crippen LogP contribution in [0.3, 0.4) is 0 Å². The molecule has 2 aromatic heterocycles. The van der Waals surface area contributed by atoms with E-state index in [0.717, 1.165) is 32.7 Å². The predicted molar refractivity (Wildman–Crippen MR) is 90.5 cm³/mol. The van der Waals surface area contributed by atoms with Gasteiger partial charge in [0.15, 0.2) is 0 Å². The highest BCUT2D eigenvalue weighted by atomic mass is 35.5. The van der Waals surface area contributed by atoms with Gasteiger partial charge in [-0.25, -0.2) is 4.98 Å². The van der Waals surface area contributed by atoms with Crippen LogP contribution in [0.25, 0.3) is 32.7 Å². The van der Waals surface area contributed by atoms with E-state index in [1.54, 1.807) is 0 Å². The van der Waals surface area contributed by atoms with Gasteiger partial charge >= 0.3 is 0 Å². The average molecular weight is 315 g/mol. The van der Waals surface area contributed by atoms with Crippen LogP contribution in [0.15, 0.2) is 36.4 Å². The number of halogens is 2. The number of benzene rings is 2. The van der Waals surface area contributed by atoms with E-state index < -0.39 is 0 Å². The minimum atomic E-state index is 0.668. The van der Waals surface area contributed by atoms with Crippen molar-refractivity contribution in [2.45, 2.75) is 6.92 Å². The predicted octanol–water partition coefficient (Wildman–Crippen LogP) is 5.49. The van der Waals surface area contributed by atoms with Crippen molar-refractivity contribution in [2.24, 2.45) is 7.05 Å². The van der Waals surface area contributed by atoms with Gasteiger partial charge in [-0.15, -0.1) is 0 Å². The summed E-state index contributed by atoms with van der Waals surface area (Å²) in [4.78, 5) is 4.72. The molecule has 0 spiro atoms. The average Bonchev–Trinajstić information content (AvgIpc) is 2.75. The third-order valence-corrected chi connectivity index (χ3v) is 4.73. The first-order chi connectivity index (χ1) is 10.1. The number of nitrogens with zero attached hydrogens (tertiary/aromatic N) is 2. The van der Waals surface area contributed by atoms with E-state index in [2.05, 4.69) is 30.7 Å². The molecule has 0 saturated heterocycles. The second-order valence-corrected chi connectivity index (χ2v) is 6.14. The molecule has 0 radical (unpaired) electrons. The van der Waals surface area contributed by atoms with Gasteiger partial charge in [0.1, 0.15) is 0 Å². The summed E-state index contributed by atoms with van der Waals surface area (Å²) < 4.78 is 2.16. The molecule has 2 nitrogen and oxygen atoms in total. The maximum absolute atomic E-state index is 6.68. The summed E-state index contributed by atoms with van der Waals surface area (Å²) in [5.74, 6) is 0. The van der Waals surface area contributed by atoms with Crippen LogP contribution in [-0.4, -0.2) is 9.55 Å². The Bertz CT molecular complexity index is 1030. The number of hydrogen-bond donors (Lipinski definition) is 0. The van der Waals surface area contributed by atoms with E-state index in [1.165, 1.54) is 5.69 Å². The Morgan fingerprint density at radius 1 is 0.952 bits per heavy atom. The van der Waals surface area contributed by atoms with Crippen LogP contribution in [0.1, 0.15) is 5.69 Å². The number of pyridine rings is 1. The van der Waals surface area contributed by atoms with Crippen LogP contribution in [0.5, 0.6) is 0 Å². The second kappa shape index (κ2) is 4.36. The molecular formula is C17H12Cl2N2. The van der Waals surface area contributed by atoms with E-state index in [4.69, 9.17) is 28.2 Å². The summed E-state index contributed by atoms with van der Waals surface area (Å²) in [7, 11) is 2.06. The second-order valence-electron chi connectivity index (χ2n) is 5.32. The molecule has 0 amide bonds. The lowest BCUT2D eigenvalue weighted by Gasteiger charge is -2.07. The van der Waals surface area contributed by atoms with Crippen molar-refractivity contribution >= 4 is 55.9 Å². The lowest BCUT2D eigenvalue weighted by atomic mass is 10.1. The standard InChI is InChI=1S/C17H12Cl2N2/c1-9-7-12-15(21(9)2)6-5-14-16(12)17(19)11-8-10(18)3-4-13(11)20-14/h3-8H,1-2H3. The first-order valence-electron chi connectivity index (χ1n) is 6.70. The molecule has 0 aliphatic heterocycles. The van der Waals surface area contributed by atoms with Crippen molar-refractivity contribution in [3.05, 3.63) is 52.1 Å². The number of aryl methyl sites for hydroxylation is 2. The van der Waals surface area contributed by atoms with Crippen molar-refractivity contribution in [1.82, 2.24) is 9.55 Å². The number of aromatic nitrogens is 2. The quantitative estimate of drug-likeness (QED) is 0.392. The van der Waals surface area contributed by atoms with Crippen molar-refractivity contribution < 1.29 is 0 Å². The fourth-order valence-electron chi connectivity index (χ4n) is 2.90. The Balaban J connectivity index is 2.29. The first-order valence-corrected chi connectivity index (χ1v) is 7.45. The summed E-state index contributed by atoms with van der Waals surface area (Å²) in [5, 5.41) is 4.40. The monoisotopic (exact) mass is 314 g/mol. The summed E-state index contributed by atoms with van der Waals surface area (Å²) in [6, 6.07) is 11.9. The number of fused-ring (bicyclic) bond motifs is 4. The molecule has 0 unspecified atom stereocenters. The summed E-state index contributed by atoms with van der Waals surface area (Å²) in [6.07, 6.45) is 0. The topological polar surface area (TPSA) is 17.8 Å². The first kappa shape index (κ1) is 12.9. The van der Waals surface area contributed by atoms with E-state index in [-0.39, 0.29) is 0 Å². The summed E-state index contributed by atoms with van der Waals surface area (Å²) in [5.41, 5.74) is 4.13. The Labute approximate surface area is 131 Å². The zero-order valence-electron chi connectivity index (χ0n) is 11.6. The van der Waals surface area contributed by atoms with Crippen LogP contribution < -0.4 is 0 Å². The summed E-state index contributed by atoms with van der Waals surface area (Å²) in [6.45, 7) is 2.09. The third-order valence-electron chi connectivity index (χ3n) is 4.10. The van der Waals surface area contributed by atoms with Crippen molar-refractivity contribution in [1.29, 1.82) is 0 Å². The summed E-state index contributed by atoms with van der Waals surface area (Å²) >= 11 is 12.8. The molecule has 0 aliphatic rings. The number of hydrogen-bond acceptors (Lipinski definition) is 1. The van der Waals surface area contributed by atoms with Gasteiger partial charge in [0.2, 0.25) is 0 Å². The van der Waals surface area contributed by atoms with Gasteiger partial charge < -0.3 is 4.57 Å². The molecule has 0 saturated carbocycles. The van der Waals surface area contributed by atoms with E-state index >= 15 is 0 Å². The minimum absolute atomic E-state index is 0.668. The molecule has 0 fully saturated rings. The van der Waals surface area contributed by atoms with Crippen LogP contribution >= 0.6 is 23.2 Å². The van der Waals surface area contributed by atoms with Crippen LogP contribution in [0, 0.1) is 6.92 Å². The Kier molecular flexibility index (Phi) is 2.69. The van der Waals surface area contributed by atoms with Crippen molar-refractivity contribution in [3.63, 3.8) is 0 Å². The molecule has 4 rings (SSSR count). The van der Waals surface area contributed by atoms with Gasteiger partial charge in [0, 0.05) is 39.4 Å². The lowest BCUT2D eigenvalue weighted by molar-refractivity contribution is 0.918. The van der Waals surface area contributed by atoms with Crippen LogP contribution in [0.4, 0.5) is 0 Å². The van der Waals surface area contributed by atoms with E-state index in [1.807, 2.05) is 24.3 Å². The number of rotatable bonds is 0. The van der Waals surface area contributed by atoms with E-state index in [9.17, 15) is 0 Å². The Morgan fingerprint density at radius 3 is 2.52 bits per heavy atom. The molecule has 4 aromatic rings. The largest absolute Gasteiger partial charge is 0.348 e. The molecule has 0 aliphatic carbocycles. The highest BCUT2D eigenvalue weighted by Gasteiger charge is 2.13. The highest BCUT2D eigenvalue weighted by Crippen LogP contribution is 2.37. The van der Waals surface area contributed by atoms with Gasteiger partial charge in [-0.05, 0) is 43.3 Å². The smallest absolute Gasteiger partial charge is 0.0732 e. The zero-order valence-corrected chi connectivity index (χ0v) is 13.1. The Morgan fingerprint density at radius 2 is 1.71 bits per heavy atom. The molecule has 4 heteroatoms. The van der Waals surface area contributed by atoms with Crippen molar-refractivity contribution in [3.8, 4) is 0 Å².